The summed E-state index contributed by atoms with van der Waals surface area (Å²) in [7, 11) is 0. The Bertz CT molecular complexity index is 211. The van der Waals surface area contributed by atoms with Gasteiger partial charge in [-0.3, -0.25) is 0 Å². The molecular formula is C16H32N2. The maximum Gasteiger partial charge on any atom is 0.00697 e. The third-order valence-corrected chi connectivity index (χ3v) is 4.89. The fourth-order valence-electron chi connectivity index (χ4n) is 3.64. The average molecular weight is 252 g/mol. The lowest BCUT2D eigenvalue weighted by atomic mass is 9.84. The zero-order valence-corrected chi connectivity index (χ0v) is 12.3. The highest BCUT2D eigenvalue weighted by Gasteiger charge is 2.19. The highest BCUT2D eigenvalue weighted by atomic mass is 15.1. The van der Waals surface area contributed by atoms with Crippen LogP contribution in [0.15, 0.2) is 0 Å². The predicted octanol–water partition coefficient (Wildman–Crippen LogP) is 3.42. The molecule has 0 aromatic carbocycles. The third kappa shape index (κ3) is 4.89. The minimum absolute atomic E-state index is 0.824. The average Bonchev–Trinajstić information content (AvgIpc) is 2.45. The van der Waals surface area contributed by atoms with Crippen molar-refractivity contribution in [3.8, 4) is 0 Å². The van der Waals surface area contributed by atoms with Gasteiger partial charge in [0.25, 0.3) is 0 Å². The first-order valence-corrected chi connectivity index (χ1v) is 8.34. The maximum atomic E-state index is 3.80. The van der Waals surface area contributed by atoms with E-state index in [0.29, 0.717) is 0 Å². The first-order valence-electron chi connectivity index (χ1n) is 8.34. The first-order chi connectivity index (χ1) is 8.88. The van der Waals surface area contributed by atoms with Crippen molar-refractivity contribution in [3.63, 3.8) is 0 Å². The Morgan fingerprint density at radius 3 is 2.67 bits per heavy atom. The lowest BCUT2D eigenvalue weighted by Crippen LogP contribution is -2.37. The van der Waals surface area contributed by atoms with Crippen molar-refractivity contribution >= 4 is 0 Å². The molecule has 1 saturated heterocycles. The molecule has 2 heteroatoms. The van der Waals surface area contributed by atoms with Gasteiger partial charge in [-0.1, -0.05) is 32.6 Å². The topological polar surface area (TPSA) is 15.3 Å². The Morgan fingerprint density at radius 2 is 1.89 bits per heavy atom. The SMILES string of the molecule is CCC1CCCC(NCCCN2CCCCC2)C1. The van der Waals surface area contributed by atoms with Crippen LogP contribution < -0.4 is 5.32 Å². The largest absolute Gasteiger partial charge is 0.314 e. The molecule has 1 N–H and O–H groups in total. The van der Waals surface area contributed by atoms with Crippen LogP contribution in [0.1, 0.15) is 64.7 Å². The minimum atomic E-state index is 0.824. The van der Waals surface area contributed by atoms with Gasteiger partial charge in [0.05, 0.1) is 0 Å². The molecule has 0 spiro atoms. The van der Waals surface area contributed by atoms with Crippen molar-refractivity contribution in [1.29, 1.82) is 0 Å². The fourth-order valence-corrected chi connectivity index (χ4v) is 3.64. The van der Waals surface area contributed by atoms with E-state index in [1.54, 1.807) is 0 Å². The van der Waals surface area contributed by atoms with E-state index < -0.39 is 0 Å². The van der Waals surface area contributed by atoms with Gasteiger partial charge < -0.3 is 10.2 Å². The number of piperidine rings is 1. The molecule has 2 aliphatic rings. The lowest BCUT2D eigenvalue weighted by molar-refractivity contribution is 0.220. The molecule has 1 saturated carbocycles. The Hall–Kier alpha value is -0.0800. The van der Waals surface area contributed by atoms with Gasteiger partial charge >= 0.3 is 0 Å². The maximum absolute atomic E-state index is 3.80. The smallest absolute Gasteiger partial charge is 0.00697 e. The van der Waals surface area contributed by atoms with Crippen LogP contribution in [0.3, 0.4) is 0 Å². The number of rotatable bonds is 6. The number of hydrogen-bond donors (Lipinski definition) is 1. The Kier molecular flexibility index (Phi) is 6.50. The standard InChI is InChI=1S/C16H32N2/c1-2-15-8-6-9-16(14-15)17-10-7-13-18-11-4-3-5-12-18/h15-17H,2-14H2,1H3. The molecule has 2 unspecified atom stereocenters. The first kappa shape index (κ1) is 14.3. The molecule has 2 rings (SSSR count). The Labute approximate surface area is 114 Å². The quantitative estimate of drug-likeness (QED) is 0.729. The van der Waals surface area contributed by atoms with Crippen LogP contribution in [-0.4, -0.2) is 37.1 Å². The van der Waals surface area contributed by atoms with E-state index in [4.69, 9.17) is 0 Å². The summed E-state index contributed by atoms with van der Waals surface area (Å²) in [6, 6.07) is 0.824. The molecular weight excluding hydrogens is 220 g/mol. The second kappa shape index (κ2) is 8.16. The van der Waals surface area contributed by atoms with Crippen molar-refractivity contribution in [2.45, 2.75) is 70.8 Å². The molecule has 18 heavy (non-hydrogen) atoms. The molecule has 2 atom stereocenters. The van der Waals surface area contributed by atoms with Crippen molar-refractivity contribution in [3.05, 3.63) is 0 Å². The molecule has 1 aliphatic carbocycles. The van der Waals surface area contributed by atoms with Gasteiger partial charge in [-0.05, 0) is 64.2 Å². The molecule has 0 aromatic heterocycles. The van der Waals surface area contributed by atoms with E-state index in [2.05, 4.69) is 17.1 Å². The summed E-state index contributed by atoms with van der Waals surface area (Å²) in [5, 5.41) is 3.80. The van der Waals surface area contributed by atoms with Gasteiger partial charge in [-0.25, -0.2) is 0 Å². The highest BCUT2D eigenvalue weighted by Crippen LogP contribution is 2.26. The van der Waals surface area contributed by atoms with E-state index in [1.165, 1.54) is 84.0 Å². The van der Waals surface area contributed by atoms with Crippen molar-refractivity contribution in [2.75, 3.05) is 26.2 Å². The minimum Gasteiger partial charge on any atom is -0.314 e. The van der Waals surface area contributed by atoms with Gasteiger partial charge in [-0.2, -0.15) is 0 Å². The predicted molar refractivity (Wildman–Crippen MR) is 78.9 cm³/mol. The summed E-state index contributed by atoms with van der Waals surface area (Å²) < 4.78 is 0. The summed E-state index contributed by atoms with van der Waals surface area (Å²) in [5.41, 5.74) is 0. The molecule has 1 heterocycles. The van der Waals surface area contributed by atoms with Crippen molar-refractivity contribution in [1.82, 2.24) is 10.2 Å². The Morgan fingerprint density at radius 1 is 1.06 bits per heavy atom. The van der Waals surface area contributed by atoms with Crippen LogP contribution >= 0.6 is 0 Å². The summed E-state index contributed by atoms with van der Waals surface area (Å²) in [6.45, 7) is 7.60. The van der Waals surface area contributed by atoms with Gasteiger partial charge in [0.15, 0.2) is 0 Å². The number of likely N-dealkylation sites (tertiary alicyclic amines) is 1. The molecule has 2 nitrogen and oxygen atoms in total. The van der Waals surface area contributed by atoms with E-state index in [0.717, 1.165) is 12.0 Å². The second-order valence-electron chi connectivity index (χ2n) is 6.35. The number of nitrogens with zero attached hydrogens (tertiary/aromatic N) is 1. The van der Waals surface area contributed by atoms with Gasteiger partial charge in [0.2, 0.25) is 0 Å². The monoisotopic (exact) mass is 252 g/mol. The molecule has 106 valence electrons. The van der Waals surface area contributed by atoms with Crippen molar-refractivity contribution < 1.29 is 0 Å². The normalized spacial score (nSPS) is 30.5. The number of hydrogen-bond acceptors (Lipinski definition) is 2. The molecule has 0 amide bonds. The van der Waals surface area contributed by atoms with Gasteiger partial charge in [0, 0.05) is 6.04 Å². The van der Waals surface area contributed by atoms with Crippen LogP contribution in [0.4, 0.5) is 0 Å². The second-order valence-corrected chi connectivity index (χ2v) is 6.35. The van der Waals surface area contributed by atoms with E-state index in [9.17, 15) is 0 Å². The van der Waals surface area contributed by atoms with Gasteiger partial charge in [-0.15, -0.1) is 0 Å². The summed E-state index contributed by atoms with van der Waals surface area (Å²) in [4.78, 5) is 2.65. The van der Waals surface area contributed by atoms with Crippen LogP contribution in [0.5, 0.6) is 0 Å². The third-order valence-electron chi connectivity index (χ3n) is 4.89. The Balaban J connectivity index is 1.52. The molecule has 1 aliphatic heterocycles. The number of nitrogens with one attached hydrogen (secondary N) is 1. The highest BCUT2D eigenvalue weighted by molar-refractivity contribution is 4.77. The molecule has 0 aromatic rings. The van der Waals surface area contributed by atoms with Crippen LogP contribution in [0.25, 0.3) is 0 Å². The zero-order valence-electron chi connectivity index (χ0n) is 12.3. The lowest BCUT2D eigenvalue weighted by Gasteiger charge is -2.30. The van der Waals surface area contributed by atoms with E-state index in [-0.39, 0.29) is 0 Å². The van der Waals surface area contributed by atoms with Crippen molar-refractivity contribution in [2.24, 2.45) is 5.92 Å². The zero-order chi connectivity index (χ0) is 12.6. The summed E-state index contributed by atoms with van der Waals surface area (Å²) >= 11 is 0. The van der Waals surface area contributed by atoms with Crippen LogP contribution in [0.2, 0.25) is 0 Å². The molecule has 0 bridgehead atoms. The molecule has 2 fully saturated rings. The van der Waals surface area contributed by atoms with E-state index >= 15 is 0 Å². The fraction of sp³-hybridized carbons (Fsp3) is 1.00. The van der Waals surface area contributed by atoms with E-state index in [1.807, 2.05) is 0 Å². The summed E-state index contributed by atoms with van der Waals surface area (Å²) in [6.07, 6.45) is 12.8. The molecule has 0 radical (unpaired) electrons. The van der Waals surface area contributed by atoms with Crippen LogP contribution in [0, 0.1) is 5.92 Å². The van der Waals surface area contributed by atoms with Gasteiger partial charge in [0.1, 0.15) is 0 Å². The van der Waals surface area contributed by atoms with Crippen LogP contribution in [-0.2, 0) is 0 Å². The summed E-state index contributed by atoms with van der Waals surface area (Å²) in [5.74, 6) is 0.998.